The van der Waals surface area contributed by atoms with Crippen LogP contribution >= 0.6 is 0 Å². The molecule has 0 unspecified atom stereocenters. The van der Waals surface area contributed by atoms with Gasteiger partial charge in [-0.3, -0.25) is 12.2 Å². The Labute approximate surface area is 156 Å². The van der Waals surface area contributed by atoms with Crippen LogP contribution in [0.3, 0.4) is 0 Å². The van der Waals surface area contributed by atoms with Gasteiger partial charge < -0.3 is 29.7 Å². The van der Waals surface area contributed by atoms with Gasteiger partial charge in [0.25, 0.3) is 0 Å². The summed E-state index contributed by atoms with van der Waals surface area (Å²) in [5, 5.41) is 0. The molecule has 0 aromatic rings. The Hall–Kier alpha value is 0.605. The first-order chi connectivity index (χ1) is 6.41. The number of hydrogen-bond donors (Lipinski definition) is 0. The summed E-state index contributed by atoms with van der Waals surface area (Å²) in [5.74, 6) is 0. The maximum atomic E-state index is 2.99. The maximum Gasteiger partial charge on any atom is 3.00 e. The Morgan fingerprint density at radius 2 is 1.00 bits per heavy atom. The summed E-state index contributed by atoms with van der Waals surface area (Å²) >= 11 is 0. The van der Waals surface area contributed by atoms with Crippen LogP contribution in [0.25, 0.3) is 0 Å². The van der Waals surface area contributed by atoms with Crippen molar-refractivity contribution in [2.24, 2.45) is 0 Å². The molecule has 0 aliphatic heterocycles. The largest absolute Gasteiger partial charge is 3.00 e. The van der Waals surface area contributed by atoms with E-state index in [0.717, 1.165) is 22.4 Å². The van der Waals surface area contributed by atoms with Crippen molar-refractivity contribution in [3.63, 3.8) is 0 Å². The fourth-order valence-corrected chi connectivity index (χ4v) is 0.680. The minimum Gasteiger partial charge on any atom is -0.358 e. The second-order valence-electron chi connectivity index (χ2n) is 2.51. The second kappa shape index (κ2) is 42.8. The summed E-state index contributed by atoms with van der Waals surface area (Å²) in [6.07, 6.45) is 20.0. The standard InChI is InChI=1S/2C5H5.C2H6Si.4CH3.2Ti/c2*1-2-4-5-3-1;1-3-2;;;;;;/h2*1-3H,4H2;1-2H3;4*1H3;;/q2*-1;;4*-1;2*+3. The van der Waals surface area contributed by atoms with Crippen molar-refractivity contribution in [1.29, 1.82) is 0 Å². The molecule has 0 amide bonds. The van der Waals surface area contributed by atoms with E-state index in [4.69, 9.17) is 0 Å². The fourth-order valence-electron chi connectivity index (χ4n) is 0.680. The van der Waals surface area contributed by atoms with E-state index in [0.29, 0.717) is 0 Å². The first-order valence-corrected chi connectivity index (χ1v) is 6.43. The van der Waals surface area contributed by atoms with E-state index >= 15 is 0 Å². The van der Waals surface area contributed by atoms with Crippen LogP contribution < -0.4 is 0 Å². The van der Waals surface area contributed by atoms with E-state index in [2.05, 4.69) is 37.4 Å². The third kappa shape index (κ3) is 45.6. The van der Waals surface area contributed by atoms with E-state index < -0.39 is 0 Å². The minimum atomic E-state index is 0. The Bertz CT molecular complexity index is 165. The Morgan fingerprint density at radius 3 is 1.05 bits per heavy atom. The monoisotopic (exact) mass is 344 g/mol. The summed E-state index contributed by atoms with van der Waals surface area (Å²) < 4.78 is 0. The van der Waals surface area contributed by atoms with Crippen molar-refractivity contribution in [1.82, 2.24) is 0 Å². The van der Waals surface area contributed by atoms with Crippen LogP contribution in [-0.4, -0.2) is 9.52 Å². The molecule has 0 saturated carbocycles. The van der Waals surface area contributed by atoms with Crippen LogP contribution in [0.2, 0.25) is 13.1 Å². The molecule has 0 aromatic carbocycles. The van der Waals surface area contributed by atoms with Crippen LogP contribution in [0, 0.1) is 41.9 Å². The van der Waals surface area contributed by atoms with Gasteiger partial charge in [0.15, 0.2) is 0 Å². The smallest absolute Gasteiger partial charge is 0.358 e. The van der Waals surface area contributed by atoms with Gasteiger partial charge in [-0.15, -0.1) is 12.8 Å². The van der Waals surface area contributed by atoms with Crippen molar-refractivity contribution in [3.8, 4) is 0 Å². The molecular weight excluding hydrogens is 316 g/mol. The average molecular weight is 344 g/mol. The van der Waals surface area contributed by atoms with Crippen molar-refractivity contribution in [2.45, 2.75) is 25.9 Å². The van der Waals surface area contributed by atoms with E-state index in [9.17, 15) is 0 Å². The predicted octanol–water partition coefficient (Wildman–Crippen LogP) is 5.19. The molecule has 0 N–H and O–H groups in total. The van der Waals surface area contributed by atoms with Crippen molar-refractivity contribution < 1.29 is 43.4 Å². The van der Waals surface area contributed by atoms with E-state index in [1.807, 2.05) is 24.3 Å². The Balaban J connectivity index is -0.0000000201. The quantitative estimate of drug-likeness (QED) is 0.419. The molecule has 0 heterocycles. The van der Waals surface area contributed by atoms with Gasteiger partial charge in [0.2, 0.25) is 0 Å². The average Bonchev–Trinajstić information content (AvgIpc) is 2.85. The second-order valence-corrected chi connectivity index (χ2v) is 3.51. The molecule has 0 aromatic heterocycles. The van der Waals surface area contributed by atoms with Gasteiger partial charge in [0.05, 0.1) is 0 Å². The van der Waals surface area contributed by atoms with Gasteiger partial charge in [-0.05, 0) is 0 Å². The molecule has 3 heteroatoms. The minimum absolute atomic E-state index is 0. The molecule has 4 radical (unpaired) electrons. The summed E-state index contributed by atoms with van der Waals surface area (Å²) in [6.45, 7) is 4.31. The Morgan fingerprint density at radius 1 is 0.737 bits per heavy atom. The van der Waals surface area contributed by atoms with Crippen LogP contribution in [0.5, 0.6) is 0 Å². The van der Waals surface area contributed by atoms with Crippen LogP contribution in [0.4, 0.5) is 0 Å². The zero-order valence-corrected chi connectivity index (χ0v) is 17.5. The Kier molecular flexibility index (Phi) is 96.2. The molecule has 2 aliphatic rings. The number of rotatable bonds is 0. The van der Waals surface area contributed by atoms with Gasteiger partial charge in [-0.2, -0.15) is 12.2 Å². The number of allylic oxidation sites excluding steroid dienone is 8. The molecule has 2 aliphatic carbocycles. The summed E-state index contributed by atoms with van der Waals surface area (Å²) in [7, 11) is 1.08. The zero-order valence-electron chi connectivity index (χ0n) is 13.4. The van der Waals surface area contributed by atoms with E-state index in [1.165, 1.54) is 0 Å². The van der Waals surface area contributed by atoms with Gasteiger partial charge in [0, 0.05) is 9.52 Å². The molecule has 0 atom stereocenters. The summed E-state index contributed by atoms with van der Waals surface area (Å²) in [6, 6.07) is 0. The van der Waals surface area contributed by atoms with Crippen molar-refractivity contribution in [3.05, 3.63) is 78.3 Å². The predicted molar refractivity (Wildman–Crippen MR) is 86.3 cm³/mol. The zero-order chi connectivity index (χ0) is 9.78. The van der Waals surface area contributed by atoms with Crippen LogP contribution in [-0.2, 0) is 43.4 Å². The third-order valence-corrected chi connectivity index (χ3v) is 1.17. The first-order valence-electron chi connectivity index (χ1n) is 4.43. The molecule has 2 rings (SSSR count). The van der Waals surface area contributed by atoms with Crippen LogP contribution in [0.1, 0.15) is 12.8 Å². The van der Waals surface area contributed by atoms with Gasteiger partial charge in [-0.1, -0.05) is 13.1 Å². The summed E-state index contributed by atoms with van der Waals surface area (Å²) in [4.78, 5) is 0. The maximum absolute atomic E-state index is 2.99. The molecule has 0 bridgehead atoms. The molecule has 104 valence electrons. The van der Waals surface area contributed by atoms with Crippen molar-refractivity contribution in [2.75, 3.05) is 0 Å². The summed E-state index contributed by atoms with van der Waals surface area (Å²) in [5.41, 5.74) is 0. The third-order valence-electron chi connectivity index (χ3n) is 1.17. The fraction of sp³-hybridized carbons (Fsp3) is 0.250. The number of hydrogen-bond acceptors (Lipinski definition) is 0. The van der Waals surface area contributed by atoms with Gasteiger partial charge >= 0.3 is 43.4 Å². The van der Waals surface area contributed by atoms with Gasteiger partial charge in [-0.25, -0.2) is 24.3 Å². The van der Waals surface area contributed by atoms with Crippen LogP contribution in [0.15, 0.2) is 36.5 Å². The first kappa shape index (κ1) is 42.7. The van der Waals surface area contributed by atoms with E-state index in [-0.39, 0.29) is 73.1 Å². The van der Waals surface area contributed by atoms with E-state index in [1.54, 1.807) is 0 Å². The topological polar surface area (TPSA) is 0 Å². The molecule has 0 saturated heterocycles. The van der Waals surface area contributed by atoms with Crippen molar-refractivity contribution >= 4 is 9.52 Å². The molecule has 0 nitrogen and oxygen atoms in total. The SMILES string of the molecule is C[Si]C.[C-]1=CC=CC1.[C-]1=CC=CC1.[CH3-].[CH3-].[CH3-].[CH3-].[Ti+3].[Ti+3]. The molecule has 19 heavy (non-hydrogen) atoms. The normalized spacial score (nSPS) is 10.2. The molecular formula is C16H28SiTi2. The van der Waals surface area contributed by atoms with Gasteiger partial charge in [0.1, 0.15) is 0 Å². The molecule has 0 spiro atoms. The molecule has 0 fully saturated rings.